The van der Waals surface area contributed by atoms with Crippen molar-refractivity contribution in [1.82, 2.24) is 4.98 Å². The Hall–Kier alpha value is -4.37. The van der Waals surface area contributed by atoms with Gasteiger partial charge in [0.15, 0.2) is 5.13 Å². The molecule has 3 aromatic carbocycles. The minimum Gasteiger partial charge on any atom is -0.507 e. The average Bonchev–Trinajstić information content (AvgIpc) is 3.60. The molecule has 8 nitrogen and oxygen atoms in total. The van der Waals surface area contributed by atoms with Crippen LogP contribution in [-0.4, -0.2) is 41.6 Å². The number of carbonyl (C=O) groups is 2. The molecule has 0 bridgehead atoms. The van der Waals surface area contributed by atoms with Crippen molar-refractivity contribution < 1.29 is 28.9 Å². The van der Waals surface area contributed by atoms with Gasteiger partial charge in [0.25, 0.3) is 5.78 Å². The maximum atomic E-state index is 13.6. The molecule has 3 heterocycles. The predicted molar refractivity (Wildman–Crippen MR) is 149 cm³/mol. The van der Waals surface area contributed by atoms with E-state index in [1.165, 1.54) is 16.2 Å². The Morgan fingerprint density at radius 2 is 1.97 bits per heavy atom. The first-order valence-electron chi connectivity index (χ1n) is 12.7. The molecule has 2 aliphatic heterocycles. The molecule has 39 heavy (non-hydrogen) atoms. The molecule has 2 atom stereocenters. The second-order valence-corrected chi connectivity index (χ2v) is 10.5. The second-order valence-electron chi connectivity index (χ2n) is 9.46. The summed E-state index contributed by atoms with van der Waals surface area (Å²) < 4.78 is 17.7. The Labute approximate surface area is 229 Å². The average molecular weight is 543 g/mol. The van der Waals surface area contributed by atoms with Crippen LogP contribution in [0.2, 0.25) is 0 Å². The molecule has 1 fully saturated rings. The van der Waals surface area contributed by atoms with Crippen LogP contribution in [0.3, 0.4) is 0 Å². The SMILES string of the molecule is CCOc1ccc2nc(N3C(=O)C(=O)/C(=C(/O)c4ccc5c(c4)C[C@H](C)O5)[C@@H]3c3cccc(OC)c3)sc2c1. The fourth-order valence-corrected chi connectivity index (χ4v) is 6.15. The molecule has 0 unspecified atom stereocenters. The number of nitrogens with zero attached hydrogens (tertiary/aromatic N) is 2. The van der Waals surface area contributed by atoms with Gasteiger partial charge >= 0.3 is 5.91 Å². The molecular formula is C30H26N2O6S. The van der Waals surface area contributed by atoms with Crippen molar-refractivity contribution in [3.8, 4) is 17.2 Å². The highest BCUT2D eigenvalue weighted by Gasteiger charge is 2.48. The maximum Gasteiger partial charge on any atom is 0.301 e. The number of aliphatic hydroxyl groups is 1. The number of amides is 1. The molecule has 0 saturated carbocycles. The third-order valence-electron chi connectivity index (χ3n) is 6.89. The number of hydrogen-bond acceptors (Lipinski definition) is 8. The summed E-state index contributed by atoms with van der Waals surface area (Å²) in [4.78, 5) is 33.2. The number of ketones is 1. The highest BCUT2D eigenvalue weighted by Crippen LogP contribution is 2.45. The Balaban J connectivity index is 1.52. The normalized spacial score (nSPS) is 19.8. The molecule has 0 spiro atoms. The van der Waals surface area contributed by atoms with Gasteiger partial charge in [-0.2, -0.15) is 0 Å². The zero-order chi connectivity index (χ0) is 27.3. The standard InChI is InChI=1S/C30H26N2O6S/c1-4-37-21-9-10-22-24(15-21)39-30(31-22)32-26(17-6-5-7-20(14-17)36-3)25(28(34)29(32)35)27(33)18-8-11-23-19(13-18)12-16(2)38-23/h5-11,13-16,26,33H,4,12H2,1-3H3/b27-25+/t16-,26-/m0/s1. The molecule has 198 valence electrons. The third kappa shape index (κ3) is 4.28. The summed E-state index contributed by atoms with van der Waals surface area (Å²) in [6.07, 6.45) is 0.724. The van der Waals surface area contributed by atoms with Crippen molar-refractivity contribution in [3.05, 3.63) is 82.9 Å². The van der Waals surface area contributed by atoms with Crippen LogP contribution in [0, 0.1) is 0 Å². The zero-order valence-corrected chi connectivity index (χ0v) is 22.5. The van der Waals surface area contributed by atoms with Gasteiger partial charge in [-0.05, 0) is 73.5 Å². The van der Waals surface area contributed by atoms with E-state index in [2.05, 4.69) is 4.98 Å². The number of rotatable bonds is 6. The first kappa shape index (κ1) is 24.9. The molecule has 1 N–H and O–H groups in total. The number of carbonyl (C=O) groups excluding carboxylic acids is 2. The van der Waals surface area contributed by atoms with Gasteiger partial charge in [-0.1, -0.05) is 23.5 Å². The number of hydrogen-bond donors (Lipinski definition) is 1. The van der Waals surface area contributed by atoms with E-state index in [9.17, 15) is 14.7 Å². The van der Waals surface area contributed by atoms with Crippen molar-refractivity contribution in [2.24, 2.45) is 0 Å². The highest BCUT2D eigenvalue weighted by molar-refractivity contribution is 7.22. The summed E-state index contributed by atoms with van der Waals surface area (Å²) >= 11 is 1.28. The number of thiazole rings is 1. The number of ether oxygens (including phenoxy) is 3. The van der Waals surface area contributed by atoms with E-state index in [0.717, 1.165) is 16.0 Å². The van der Waals surface area contributed by atoms with E-state index in [4.69, 9.17) is 14.2 Å². The van der Waals surface area contributed by atoms with E-state index in [1.54, 1.807) is 43.5 Å². The molecule has 9 heteroatoms. The molecule has 1 aromatic heterocycles. The summed E-state index contributed by atoms with van der Waals surface area (Å²) in [6, 6.07) is 17.0. The van der Waals surface area contributed by atoms with Gasteiger partial charge < -0.3 is 19.3 Å². The van der Waals surface area contributed by atoms with E-state index in [1.807, 2.05) is 38.1 Å². The fourth-order valence-electron chi connectivity index (χ4n) is 5.13. The largest absolute Gasteiger partial charge is 0.507 e. The summed E-state index contributed by atoms with van der Waals surface area (Å²) in [6.45, 7) is 4.41. The van der Waals surface area contributed by atoms with Crippen LogP contribution in [-0.2, 0) is 16.0 Å². The molecule has 4 aromatic rings. The van der Waals surface area contributed by atoms with Gasteiger partial charge in [0.2, 0.25) is 0 Å². The number of Topliss-reactive ketones (excluding diaryl/α,β-unsaturated/α-hetero) is 1. The van der Waals surface area contributed by atoms with Gasteiger partial charge in [0, 0.05) is 12.0 Å². The van der Waals surface area contributed by atoms with Crippen molar-refractivity contribution in [3.63, 3.8) is 0 Å². The number of anilines is 1. The summed E-state index contributed by atoms with van der Waals surface area (Å²) in [5.41, 5.74) is 2.67. The van der Waals surface area contributed by atoms with Gasteiger partial charge in [-0.3, -0.25) is 14.5 Å². The lowest BCUT2D eigenvalue weighted by molar-refractivity contribution is -0.132. The monoisotopic (exact) mass is 542 g/mol. The molecule has 2 aliphatic rings. The Morgan fingerprint density at radius 3 is 2.77 bits per heavy atom. The van der Waals surface area contributed by atoms with Gasteiger partial charge in [0.05, 0.1) is 35.5 Å². The maximum absolute atomic E-state index is 13.6. The lowest BCUT2D eigenvalue weighted by atomic mass is 9.94. The molecule has 1 saturated heterocycles. The second kappa shape index (κ2) is 9.74. The molecule has 0 aliphatic carbocycles. The molecule has 6 rings (SSSR count). The smallest absolute Gasteiger partial charge is 0.301 e. The zero-order valence-electron chi connectivity index (χ0n) is 21.6. The first-order valence-corrected chi connectivity index (χ1v) is 13.5. The van der Waals surface area contributed by atoms with Crippen molar-refractivity contribution in [2.75, 3.05) is 18.6 Å². The van der Waals surface area contributed by atoms with E-state index in [-0.39, 0.29) is 17.4 Å². The van der Waals surface area contributed by atoms with Crippen molar-refractivity contribution >= 4 is 44.1 Å². The van der Waals surface area contributed by atoms with Crippen LogP contribution in [0.1, 0.15) is 36.6 Å². The molecular weight excluding hydrogens is 516 g/mol. The van der Waals surface area contributed by atoms with Gasteiger partial charge in [-0.25, -0.2) is 4.98 Å². The Bertz CT molecular complexity index is 1660. The number of aromatic nitrogens is 1. The number of aliphatic hydroxyl groups excluding tert-OH is 1. The molecule has 0 radical (unpaired) electrons. The minimum atomic E-state index is -0.907. The topological polar surface area (TPSA) is 98.2 Å². The van der Waals surface area contributed by atoms with E-state index < -0.39 is 17.7 Å². The number of fused-ring (bicyclic) bond motifs is 2. The van der Waals surface area contributed by atoms with E-state index >= 15 is 0 Å². The lowest BCUT2D eigenvalue weighted by Crippen LogP contribution is -2.29. The van der Waals surface area contributed by atoms with Crippen molar-refractivity contribution in [1.29, 1.82) is 0 Å². The summed E-state index contributed by atoms with van der Waals surface area (Å²) in [7, 11) is 1.55. The van der Waals surface area contributed by atoms with Crippen LogP contribution < -0.4 is 19.1 Å². The van der Waals surface area contributed by atoms with Crippen LogP contribution >= 0.6 is 11.3 Å². The van der Waals surface area contributed by atoms with Crippen LogP contribution in [0.5, 0.6) is 17.2 Å². The first-order chi connectivity index (χ1) is 18.9. The predicted octanol–water partition coefficient (Wildman–Crippen LogP) is 5.65. The van der Waals surface area contributed by atoms with Crippen LogP contribution in [0.25, 0.3) is 16.0 Å². The van der Waals surface area contributed by atoms with Crippen LogP contribution in [0.15, 0.2) is 66.2 Å². The Kier molecular flexibility index (Phi) is 6.23. The summed E-state index contributed by atoms with van der Waals surface area (Å²) in [5.74, 6) is 0.232. The number of benzene rings is 3. The van der Waals surface area contributed by atoms with Gasteiger partial charge in [0.1, 0.15) is 29.1 Å². The third-order valence-corrected chi connectivity index (χ3v) is 7.91. The van der Waals surface area contributed by atoms with Crippen LogP contribution in [0.4, 0.5) is 5.13 Å². The minimum absolute atomic E-state index is 0.00516. The molecule has 1 amide bonds. The van der Waals surface area contributed by atoms with E-state index in [0.29, 0.717) is 46.3 Å². The summed E-state index contributed by atoms with van der Waals surface area (Å²) in [5, 5.41) is 11.9. The lowest BCUT2D eigenvalue weighted by Gasteiger charge is -2.23. The van der Waals surface area contributed by atoms with Gasteiger partial charge in [-0.15, -0.1) is 0 Å². The quantitative estimate of drug-likeness (QED) is 0.191. The van der Waals surface area contributed by atoms with Crippen molar-refractivity contribution in [2.45, 2.75) is 32.4 Å². The Morgan fingerprint density at radius 1 is 1.13 bits per heavy atom. The number of methoxy groups -OCH3 is 1. The highest BCUT2D eigenvalue weighted by atomic mass is 32.1. The fraction of sp³-hybridized carbons (Fsp3) is 0.233.